The van der Waals surface area contributed by atoms with E-state index < -0.39 is 0 Å². The second-order valence-electron chi connectivity index (χ2n) is 3.09. The Hall–Kier alpha value is -0.0900. The van der Waals surface area contributed by atoms with Gasteiger partial charge in [0.15, 0.2) is 0 Å². The van der Waals surface area contributed by atoms with Crippen LogP contribution in [0, 0.1) is 0 Å². The summed E-state index contributed by atoms with van der Waals surface area (Å²) in [4.78, 5) is 0. The van der Waals surface area contributed by atoms with Crippen molar-refractivity contribution < 1.29 is 0 Å². The molecule has 80 valence electrons. The van der Waals surface area contributed by atoms with E-state index in [2.05, 4.69) is 22.0 Å². The van der Waals surface area contributed by atoms with Crippen molar-refractivity contribution in [2.75, 3.05) is 6.54 Å². The highest BCUT2D eigenvalue weighted by molar-refractivity contribution is 9.10. The van der Waals surface area contributed by atoms with Crippen LogP contribution in [0.4, 0.5) is 0 Å². The molecule has 0 bridgehead atoms. The van der Waals surface area contributed by atoms with Crippen molar-refractivity contribution in [2.45, 2.75) is 18.9 Å². The van der Waals surface area contributed by atoms with E-state index in [4.69, 9.17) is 11.5 Å². The number of hydrogen-bond donors (Lipinski definition) is 2. The molecular weight excluding hydrogens is 263 g/mol. The monoisotopic (exact) mass is 278 g/mol. The average molecular weight is 280 g/mol. The standard InChI is InChI=1S/C10H15BrN2.ClH/c11-9-4-1-3-8(7-9)10(13)5-2-6-12;/h1,3-4,7,10H,2,5-6,12-13H2;1H/t10-;/m1./s1. The molecule has 1 aromatic carbocycles. The molecular formula is C10H16BrClN2. The van der Waals surface area contributed by atoms with Crippen LogP contribution in [0.5, 0.6) is 0 Å². The summed E-state index contributed by atoms with van der Waals surface area (Å²) in [5.41, 5.74) is 12.6. The van der Waals surface area contributed by atoms with Crippen LogP contribution >= 0.6 is 28.3 Å². The fourth-order valence-electron chi connectivity index (χ4n) is 1.24. The number of nitrogens with two attached hydrogens (primary N) is 2. The summed E-state index contributed by atoms with van der Waals surface area (Å²) in [5.74, 6) is 0. The molecule has 14 heavy (non-hydrogen) atoms. The van der Waals surface area contributed by atoms with Crippen LogP contribution in [0.15, 0.2) is 28.7 Å². The van der Waals surface area contributed by atoms with Crippen molar-refractivity contribution >= 4 is 28.3 Å². The zero-order chi connectivity index (χ0) is 9.68. The molecule has 1 rings (SSSR count). The summed E-state index contributed by atoms with van der Waals surface area (Å²) in [6.45, 7) is 0.710. The molecule has 4 heteroatoms. The van der Waals surface area contributed by atoms with Crippen molar-refractivity contribution in [3.8, 4) is 0 Å². The lowest BCUT2D eigenvalue weighted by Crippen LogP contribution is -2.12. The molecule has 2 nitrogen and oxygen atoms in total. The minimum absolute atomic E-state index is 0. The van der Waals surface area contributed by atoms with Gasteiger partial charge in [0.1, 0.15) is 0 Å². The lowest BCUT2D eigenvalue weighted by Gasteiger charge is -2.11. The summed E-state index contributed by atoms with van der Waals surface area (Å²) in [6, 6.07) is 8.22. The molecule has 0 radical (unpaired) electrons. The third-order valence-electron chi connectivity index (χ3n) is 2.00. The molecule has 1 aromatic rings. The van der Waals surface area contributed by atoms with Gasteiger partial charge >= 0.3 is 0 Å². The van der Waals surface area contributed by atoms with Crippen molar-refractivity contribution in [2.24, 2.45) is 11.5 Å². The second kappa shape index (κ2) is 7.23. The van der Waals surface area contributed by atoms with Crippen LogP contribution in [0.25, 0.3) is 0 Å². The Bertz CT molecular complexity index is 268. The third-order valence-corrected chi connectivity index (χ3v) is 2.49. The van der Waals surface area contributed by atoms with Gasteiger partial charge in [0.05, 0.1) is 0 Å². The fourth-order valence-corrected chi connectivity index (χ4v) is 1.66. The van der Waals surface area contributed by atoms with E-state index >= 15 is 0 Å². The molecule has 0 aromatic heterocycles. The van der Waals surface area contributed by atoms with Crippen molar-refractivity contribution in [3.05, 3.63) is 34.3 Å². The summed E-state index contributed by atoms with van der Waals surface area (Å²) >= 11 is 3.42. The number of rotatable bonds is 4. The molecule has 0 aliphatic rings. The molecule has 0 amide bonds. The van der Waals surface area contributed by atoms with Gasteiger partial charge in [-0.1, -0.05) is 28.1 Å². The first-order valence-electron chi connectivity index (χ1n) is 4.45. The Balaban J connectivity index is 0.00000169. The van der Waals surface area contributed by atoms with Gasteiger partial charge in [0.2, 0.25) is 0 Å². The molecule has 0 heterocycles. The van der Waals surface area contributed by atoms with E-state index in [1.165, 1.54) is 5.56 Å². The van der Waals surface area contributed by atoms with Crippen LogP contribution in [-0.4, -0.2) is 6.54 Å². The first-order chi connectivity index (χ1) is 6.24. The predicted molar refractivity (Wildman–Crippen MR) is 66.6 cm³/mol. The molecule has 0 unspecified atom stereocenters. The summed E-state index contributed by atoms with van der Waals surface area (Å²) in [7, 11) is 0. The normalized spacial score (nSPS) is 11.9. The van der Waals surface area contributed by atoms with E-state index in [0.717, 1.165) is 17.3 Å². The Morgan fingerprint density at radius 1 is 1.36 bits per heavy atom. The van der Waals surface area contributed by atoms with Gasteiger partial charge in [-0.3, -0.25) is 0 Å². The Kier molecular flexibility index (Phi) is 7.19. The van der Waals surface area contributed by atoms with E-state index in [1.807, 2.05) is 18.2 Å². The molecule has 0 aliphatic carbocycles. The minimum Gasteiger partial charge on any atom is -0.330 e. The number of halogens is 2. The second-order valence-corrected chi connectivity index (χ2v) is 4.01. The Morgan fingerprint density at radius 2 is 2.07 bits per heavy atom. The van der Waals surface area contributed by atoms with E-state index in [-0.39, 0.29) is 18.4 Å². The minimum atomic E-state index is 0. The van der Waals surface area contributed by atoms with Crippen LogP contribution in [-0.2, 0) is 0 Å². The maximum absolute atomic E-state index is 5.97. The van der Waals surface area contributed by atoms with Gasteiger partial charge in [-0.2, -0.15) is 0 Å². The van der Waals surface area contributed by atoms with Crippen LogP contribution in [0.3, 0.4) is 0 Å². The largest absolute Gasteiger partial charge is 0.330 e. The zero-order valence-electron chi connectivity index (χ0n) is 7.95. The topological polar surface area (TPSA) is 52.0 Å². The molecule has 0 saturated heterocycles. The number of benzene rings is 1. The molecule has 0 spiro atoms. The summed E-state index contributed by atoms with van der Waals surface area (Å²) in [5, 5.41) is 0. The maximum Gasteiger partial charge on any atom is 0.0295 e. The molecule has 4 N–H and O–H groups in total. The van der Waals surface area contributed by atoms with Crippen LogP contribution in [0.1, 0.15) is 24.4 Å². The molecule has 1 atom stereocenters. The van der Waals surface area contributed by atoms with Gasteiger partial charge < -0.3 is 11.5 Å². The van der Waals surface area contributed by atoms with Crippen molar-refractivity contribution in [1.82, 2.24) is 0 Å². The third kappa shape index (κ3) is 4.42. The summed E-state index contributed by atoms with van der Waals surface area (Å²) in [6.07, 6.45) is 1.93. The van der Waals surface area contributed by atoms with Gasteiger partial charge in [-0.25, -0.2) is 0 Å². The predicted octanol–water partition coefficient (Wildman–Crippen LogP) is 2.61. The van der Waals surface area contributed by atoms with Gasteiger partial charge in [0, 0.05) is 10.5 Å². The highest BCUT2D eigenvalue weighted by atomic mass is 79.9. The lowest BCUT2D eigenvalue weighted by molar-refractivity contribution is 0.618. The molecule has 0 saturated carbocycles. The van der Waals surface area contributed by atoms with Gasteiger partial charge in [-0.15, -0.1) is 12.4 Å². The Labute approximate surface area is 99.6 Å². The number of hydrogen-bond acceptors (Lipinski definition) is 2. The van der Waals surface area contributed by atoms with E-state index in [1.54, 1.807) is 0 Å². The Morgan fingerprint density at radius 3 is 2.64 bits per heavy atom. The fraction of sp³-hybridized carbons (Fsp3) is 0.400. The molecule has 0 aliphatic heterocycles. The van der Waals surface area contributed by atoms with Gasteiger partial charge in [-0.05, 0) is 37.1 Å². The SMILES string of the molecule is Cl.NCCC[C@@H](N)c1cccc(Br)c1. The molecule has 0 fully saturated rings. The smallest absolute Gasteiger partial charge is 0.0295 e. The van der Waals surface area contributed by atoms with Crippen LogP contribution < -0.4 is 11.5 Å². The van der Waals surface area contributed by atoms with Gasteiger partial charge in [0.25, 0.3) is 0 Å². The first-order valence-corrected chi connectivity index (χ1v) is 5.24. The summed E-state index contributed by atoms with van der Waals surface area (Å²) < 4.78 is 1.08. The van der Waals surface area contributed by atoms with E-state index in [0.29, 0.717) is 6.54 Å². The van der Waals surface area contributed by atoms with Crippen LogP contribution in [0.2, 0.25) is 0 Å². The van der Waals surface area contributed by atoms with E-state index in [9.17, 15) is 0 Å². The van der Waals surface area contributed by atoms with Crippen molar-refractivity contribution in [1.29, 1.82) is 0 Å². The average Bonchev–Trinajstić information content (AvgIpc) is 2.14. The van der Waals surface area contributed by atoms with Crippen molar-refractivity contribution in [3.63, 3.8) is 0 Å². The highest BCUT2D eigenvalue weighted by Crippen LogP contribution is 2.19. The zero-order valence-corrected chi connectivity index (χ0v) is 10.4. The highest BCUT2D eigenvalue weighted by Gasteiger charge is 2.04. The quantitative estimate of drug-likeness (QED) is 0.890. The first kappa shape index (κ1) is 13.9. The lowest BCUT2D eigenvalue weighted by atomic mass is 10.0. The maximum atomic E-state index is 5.97.